The molecule has 4 nitrogen and oxygen atoms in total. The minimum absolute atomic E-state index is 0.0535. The van der Waals surface area contributed by atoms with Crippen molar-refractivity contribution in [3.8, 4) is 5.75 Å². The number of sulfonamides is 1. The second-order valence-electron chi connectivity index (χ2n) is 5.23. The van der Waals surface area contributed by atoms with Crippen LogP contribution in [0.2, 0.25) is 5.02 Å². The van der Waals surface area contributed by atoms with Crippen LogP contribution in [0.3, 0.4) is 0 Å². The highest BCUT2D eigenvalue weighted by Crippen LogP contribution is 2.31. The quantitative estimate of drug-likeness (QED) is 0.851. The maximum absolute atomic E-state index is 12.7. The summed E-state index contributed by atoms with van der Waals surface area (Å²) < 4.78 is 33.6. The van der Waals surface area contributed by atoms with Gasteiger partial charge in [-0.3, -0.25) is 0 Å². The normalized spacial score (nSPS) is 12.9. The van der Waals surface area contributed by atoms with Gasteiger partial charge >= 0.3 is 0 Å². The predicted molar refractivity (Wildman–Crippen MR) is 92.5 cm³/mol. The van der Waals surface area contributed by atoms with E-state index < -0.39 is 10.0 Å². The first-order valence-corrected chi connectivity index (χ1v) is 9.21. The lowest BCUT2D eigenvalue weighted by Gasteiger charge is -2.17. The van der Waals surface area contributed by atoms with Gasteiger partial charge in [0.2, 0.25) is 10.0 Å². The third-order valence-electron chi connectivity index (χ3n) is 3.45. The lowest BCUT2D eigenvalue weighted by molar-refractivity contribution is 0.330. The van der Waals surface area contributed by atoms with E-state index in [2.05, 4.69) is 4.72 Å². The van der Waals surface area contributed by atoms with E-state index in [1.807, 2.05) is 30.3 Å². The average Bonchev–Trinajstić information content (AvgIpc) is 2.51. The van der Waals surface area contributed by atoms with E-state index in [4.69, 9.17) is 16.3 Å². The van der Waals surface area contributed by atoms with Crippen LogP contribution in [0.1, 0.15) is 31.0 Å². The predicted octanol–water partition coefficient (Wildman–Crippen LogP) is 4.09. The van der Waals surface area contributed by atoms with Crippen LogP contribution in [0.4, 0.5) is 0 Å². The van der Waals surface area contributed by atoms with Crippen molar-refractivity contribution in [2.24, 2.45) is 0 Å². The van der Waals surface area contributed by atoms with Crippen molar-refractivity contribution in [2.45, 2.75) is 31.7 Å². The van der Waals surface area contributed by atoms with E-state index >= 15 is 0 Å². The van der Waals surface area contributed by atoms with Gasteiger partial charge in [-0.15, -0.1) is 0 Å². The number of hydrogen-bond donors (Lipinski definition) is 1. The standard InChI is InChI=1S/C17H20ClNO3S/c1-4-22-16-10-12(2)15(18)11-17(16)23(20,21)19-13(3)14-8-6-5-7-9-14/h5-11,13,19H,4H2,1-3H3/t13-/m0/s1. The molecule has 0 aliphatic rings. The van der Waals surface area contributed by atoms with Crippen molar-refractivity contribution in [3.63, 3.8) is 0 Å². The van der Waals surface area contributed by atoms with Crippen LogP contribution in [0.25, 0.3) is 0 Å². The zero-order valence-electron chi connectivity index (χ0n) is 13.3. The van der Waals surface area contributed by atoms with Gasteiger partial charge < -0.3 is 4.74 Å². The summed E-state index contributed by atoms with van der Waals surface area (Å²) >= 11 is 6.10. The topological polar surface area (TPSA) is 55.4 Å². The van der Waals surface area contributed by atoms with Gasteiger partial charge in [-0.05, 0) is 44.0 Å². The minimum Gasteiger partial charge on any atom is -0.492 e. The second kappa shape index (κ2) is 7.34. The zero-order chi connectivity index (χ0) is 17.0. The van der Waals surface area contributed by atoms with Crippen LogP contribution in [-0.4, -0.2) is 15.0 Å². The molecule has 0 fully saturated rings. The molecule has 0 aliphatic carbocycles. The zero-order valence-corrected chi connectivity index (χ0v) is 14.9. The van der Waals surface area contributed by atoms with Crippen LogP contribution >= 0.6 is 11.6 Å². The number of rotatable bonds is 6. The summed E-state index contributed by atoms with van der Waals surface area (Å²) in [6.07, 6.45) is 0. The van der Waals surface area contributed by atoms with Crippen LogP contribution in [0.15, 0.2) is 47.4 Å². The molecular weight excluding hydrogens is 334 g/mol. The molecule has 0 aromatic heterocycles. The van der Waals surface area contributed by atoms with Gasteiger partial charge in [0.1, 0.15) is 10.6 Å². The Morgan fingerprint density at radius 3 is 2.48 bits per heavy atom. The first-order chi connectivity index (χ1) is 10.8. The molecule has 0 spiro atoms. The Labute approximate surface area is 142 Å². The molecule has 1 atom stereocenters. The third-order valence-corrected chi connectivity index (χ3v) is 5.41. The molecule has 124 valence electrons. The minimum atomic E-state index is -3.76. The highest BCUT2D eigenvalue weighted by molar-refractivity contribution is 7.89. The maximum Gasteiger partial charge on any atom is 0.244 e. The summed E-state index contributed by atoms with van der Waals surface area (Å²) in [6.45, 7) is 5.78. The molecule has 23 heavy (non-hydrogen) atoms. The number of benzene rings is 2. The summed E-state index contributed by atoms with van der Waals surface area (Å²) in [4.78, 5) is 0.0535. The van der Waals surface area contributed by atoms with Crippen molar-refractivity contribution in [2.75, 3.05) is 6.61 Å². The second-order valence-corrected chi connectivity index (χ2v) is 7.32. The fourth-order valence-electron chi connectivity index (χ4n) is 2.22. The average molecular weight is 354 g/mol. The summed E-state index contributed by atoms with van der Waals surface area (Å²) in [5.74, 6) is 0.308. The Hall–Kier alpha value is -1.56. The Bertz CT molecular complexity index is 776. The maximum atomic E-state index is 12.7. The van der Waals surface area contributed by atoms with Gasteiger partial charge in [0.15, 0.2) is 0 Å². The highest BCUT2D eigenvalue weighted by atomic mass is 35.5. The number of ether oxygens (including phenoxy) is 1. The third kappa shape index (κ3) is 4.25. The van der Waals surface area contributed by atoms with Gasteiger partial charge in [0, 0.05) is 11.1 Å². The molecule has 0 amide bonds. The molecule has 0 bridgehead atoms. The lowest BCUT2D eigenvalue weighted by atomic mass is 10.1. The molecule has 2 aromatic rings. The van der Waals surface area contributed by atoms with Crippen molar-refractivity contribution in [3.05, 3.63) is 58.6 Å². The van der Waals surface area contributed by atoms with Gasteiger partial charge in [-0.2, -0.15) is 0 Å². The van der Waals surface area contributed by atoms with E-state index in [1.165, 1.54) is 6.07 Å². The summed E-state index contributed by atoms with van der Waals surface area (Å²) in [5.41, 5.74) is 1.65. The van der Waals surface area contributed by atoms with Gasteiger partial charge in [0.25, 0.3) is 0 Å². The van der Waals surface area contributed by atoms with Crippen molar-refractivity contribution < 1.29 is 13.2 Å². The molecule has 1 N–H and O–H groups in total. The lowest BCUT2D eigenvalue weighted by Crippen LogP contribution is -2.27. The summed E-state index contributed by atoms with van der Waals surface area (Å²) in [7, 11) is -3.76. The van der Waals surface area contributed by atoms with Crippen LogP contribution < -0.4 is 9.46 Å². The number of halogens is 1. The van der Waals surface area contributed by atoms with E-state index in [0.717, 1.165) is 11.1 Å². The van der Waals surface area contributed by atoms with E-state index in [0.29, 0.717) is 17.4 Å². The number of nitrogens with one attached hydrogen (secondary N) is 1. The molecule has 0 radical (unpaired) electrons. The van der Waals surface area contributed by atoms with E-state index in [-0.39, 0.29) is 10.9 Å². The Kier molecular flexibility index (Phi) is 5.68. The summed E-state index contributed by atoms with van der Waals surface area (Å²) in [6, 6.07) is 12.1. The SMILES string of the molecule is CCOc1cc(C)c(Cl)cc1S(=O)(=O)N[C@@H](C)c1ccccc1. The molecule has 2 aromatic carbocycles. The van der Waals surface area contributed by atoms with Crippen LogP contribution in [0.5, 0.6) is 5.75 Å². The monoisotopic (exact) mass is 353 g/mol. The van der Waals surface area contributed by atoms with Gasteiger partial charge in [-0.1, -0.05) is 41.9 Å². The van der Waals surface area contributed by atoms with Crippen molar-refractivity contribution in [1.29, 1.82) is 0 Å². The van der Waals surface area contributed by atoms with Crippen molar-refractivity contribution >= 4 is 21.6 Å². The molecule has 0 saturated carbocycles. The number of aryl methyl sites for hydroxylation is 1. The fourth-order valence-corrected chi connectivity index (χ4v) is 3.83. The van der Waals surface area contributed by atoms with E-state index in [1.54, 1.807) is 26.8 Å². The smallest absolute Gasteiger partial charge is 0.244 e. The first-order valence-electron chi connectivity index (χ1n) is 7.35. The Morgan fingerprint density at radius 2 is 1.87 bits per heavy atom. The fraction of sp³-hybridized carbons (Fsp3) is 0.294. The van der Waals surface area contributed by atoms with Crippen LogP contribution in [0, 0.1) is 6.92 Å². The molecular formula is C17H20ClNO3S. The highest BCUT2D eigenvalue weighted by Gasteiger charge is 2.23. The Balaban J connectivity index is 2.37. The van der Waals surface area contributed by atoms with Gasteiger partial charge in [0.05, 0.1) is 6.61 Å². The summed E-state index contributed by atoms with van der Waals surface area (Å²) in [5, 5.41) is 0.390. The van der Waals surface area contributed by atoms with Gasteiger partial charge in [-0.25, -0.2) is 13.1 Å². The van der Waals surface area contributed by atoms with Crippen molar-refractivity contribution in [1.82, 2.24) is 4.72 Å². The van der Waals surface area contributed by atoms with E-state index in [9.17, 15) is 8.42 Å². The first kappa shape index (κ1) is 17.8. The van der Waals surface area contributed by atoms with Crippen LogP contribution in [-0.2, 0) is 10.0 Å². The molecule has 0 unspecified atom stereocenters. The molecule has 0 heterocycles. The molecule has 0 saturated heterocycles. The largest absolute Gasteiger partial charge is 0.492 e. The molecule has 2 rings (SSSR count). The number of hydrogen-bond acceptors (Lipinski definition) is 3. The molecule has 0 aliphatic heterocycles. The molecule has 6 heteroatoms. The Morgan fingerprint density at radius 1 is 1.22 bits per heavy atom.